The summed E-state index contributed by atoms with van der Waals surface area (Å²) >= 11 is 0. The molecule has 1 fully saturated rings. The predicted molar refractivity (Wildman–Crippen MR) is 93.2 cm³/mol. The van der Waals surface area contributed by atoms with Crippen LogP contribution in [0.2, 0.25) is 0 Å². The molecule has 0 atom stereocenters. The molecule has 118 valence electrons. The van der Waals surface area contributed by atoms with E-state index in [4.69, 9.17) is 4.42 Å². The number of fused-ring (bicyclic) bond motifs is 1. The standard InChI is InChI=1S/C20H22N2O/c1-2-5-19-14-17(7-8-18(19)4-1)15-21-9-11-22(12-10-21)16-20-6-3-13-23-20/h1-8,13-14H,9-12,15-16H2. The molecule has 1 aliphatic rings. The van der Waals surface area contributed by atoms with Gasteiger partial charge in [0.05, 0.1) is 12.8 Å². The third-order valence-electron chi connectivity index (χ3n) is 4.64. The first kappa shape index (κ1) is 14.5. The van der Waals surface area contributed by atoms with Gasteiger partial charge in [0.1, 0.15) is 5.76 Å². The van der Waals surface area contributed by atoms with Crippen LogP contribution in [0.25, 0.3) is 10.8 Å². The second-order valence-electron chi connectivity index (χ2n) is 6.31. The molecule has 2 aromatic carbocycles. The van der Waals surface area contributed by atoms with E-state index >= 15 is 0 Å². The van der Waals surface area contributed by atoms with Crippen LogP contribution in [-0.2, 0) is 13.1 Å². The molecule has 0 aliphatic carbocycles. The van der Waals surface area contributed by atoms with Crippen molar-refractivity contribution in [2.75, 3.05) is 26.2 Å². The van der Waals surface area contributed by atoms with Crippen LogP contribution < -0.4 is 0 Å². The number of piperazine rings is 1. The van der Waals surface area contributed by atoms with Gasteiger partial charge in [-0.3, -0.25) is 9.80 Å². The van der Waals surface area contributed by atoms with Gasteiger partial charge in [0.2, 0.25) is 0 Å². The lowest BCUT2D eigenvalue weighted by atomic mass is 10.1. The molecule has 0 N–H and O–H groups in total. The van der Waals surface area contributed by atoms with Crippen molar-refractivity contribution in [3.8, 4) is 0 Å². The summed E-state index contributed by atoms with van der Waals surface area (Å²) in [4.78, 5) is 5.01. The van der Waals surface area contributed by atoms with E-state index in [1.165, 1.54) is 16.3 Å². The van der Waals surface area contributed by atoms with Crippen molar-refractivity contribution >= 4 is 10.8 Å². The second kappa shape index (κ2) is 6.57. The Kier molecular flexibility index (Phi) is 4.14. The Hall–Kier alpha value is -2.10. The van der Waals surface area contributed by atoms with Gasteiger partial charge < -0.3 is 4.42 Å². The highest BCUT2D eigenvalue weighted by atomic mass is 16.3. The fraction of sp³-hybridized carbons (Fsp3) is 0.300. The second-order valence-corrected chi connectivity index (χ2v) is 6.31. The van der Waals surface area contributed by atoms with Crippen LogP contribution in [-0.4, -0.2) is 36.0 Å². The van der Waals surface area contributed by atoms with E-state index in [1.54, 1.807) is 6.26 Å². The number of nitrogens with zero attached hydrogens (tertiary/aromatic N) is 2. The highest BCUT2D eigenvalue weighted by molar-refractivity contribution is 5.82. The lowest BCUT2D eigenvalue weighted by molar-refractivity contribution is 0.116. The minimum absolute atomic E-state index is 0.927. The average Bonchev–Trinajstić information content (AvgIpc) is 3.10. The summed E-state index contributed by atoms with van der Waals surface area (Å²) in [6.07, 6.45) is 1.76. The van der Waals surface area contributed by atoms with Gasteiger partial charge in [-0.1, -0.05) is 36.4 Å². The largest absolute Gasteiger partial charge is 0.468 e. The quantitative estimate of drug-likeness (QED) is 0.732. The Balaban J connectivity index is 1.35. The Morgan fingerprint density at radius 1 is 0.739 bits per heavy atom. The molecule has 1 saturated heterocycles. The van der Waals surface area contributed by atoms with Gasteiger partial charge in [0, 0.05) is 32.7 Å². The van der Waals surface area contributed by atoms with Gasteiger partial charge in [-0.25, -0.2) is 0 Å². The van der Waals surface area contributed by atoms with Crippen LogP contribution in [0.3, 0.4) is 0 Å². The summed E-state index contributed by atoms with van der Waals surface area (Å²) in [5.41, 5.74) is 1.41. The van der Waals surface area contributed by atoms with Crippen molar-refractivity contribution in [3.63, 3.8) is 0 Å². The molecule has 3 aromatic rings. The first-order chi connectivity index (χ1) is 11.4. The van der Waals surface area contributed by atoms with Crippen LogP contribution in [0.1, 0.15) is 11.3 Å². The van der Waals surface area contributed by atoms with Gasteiger partial charge >= 0.3 is 0 Å². The SMILES string of the molecule is c1coc(CN2CCN(Cc3ccc4ccccc4c3)CC2)c1. The summed E-state index contributed by atoms with van der Waals surface area (Å²) in [7, 11) is 0. The Morgan fingerprint density at radius 3 is 2.22 bits per heavy atom. The monoisotopic (exact) mass is 306 g/mol. The lowest BCUT2D eigenvalue weighted by Gasteiger charge is -2.34. The average molecular weight is 306 g/mol. The van der Waals surface area contributed by atoms with E-state index in [0.717, 1.165) is 45.0 Å². The zero-order chi connectivity index (χ0) is 15.5. The van der Waals surface area contributed by atoms with E-state index in [-0.39, 0.29) is 0 Å². The lowest BCUT2D eigenvalue weighted by Crippen LogP contribution is -2.45. The number of benzene rings is 2. The minimum Gasteiger partial charge on any atom is -0.468 e. The first-order valence-electron chi connectivity index (χ1n) is 8.32. The Labute approximate surface area is 137 Å². The van der Waals surface area contributed by atoms with Gasteiger partial charge in [0.25, 0.3) is 0 Å². The zero-order valence-electron chi connectivity index (χ0n) is 13.3. The molecule has 0 spiro atoms. The van der Waals surface area contributed by atoms with Crippen LogP contribution in [0.15, 0.2) is 65.3 Å². The highest BCUT2D eigenvalue weighted by Crippen LogP contribution is 2.18. The first-order valence-corrected chi connectivity index (χ1v) is 8.32. The smallest absolute Gasteiger partial charge is 0.117 e. The maximum absolute atomic E-state index is 5.44. The van der Waals surface area contributed by atoms with Crippen molar-refractivity contribution in [2.45, 2.75) is 13.1 Å². The number of hydrogen-bond acceptors (Lipinski definition) is 3. The molecule has 1 aromatic heterocycles. The Morgan fingerprint density at radius 2 is 1.48 bits per heavy atom. The molecule has 0 amide bonds. The highest BCUT2D eigenvalue weighted by Gasteiger charge is 2.17. The zero-order valence-corrected chi connectivity index (χ0v) is 13.3. The van der Waals surface area contributed by atoms with Crippen LogP contribution in [0, 0.1) is 0 Å². The van der Waals surface area contributed by atoms with Crippen molar-refractivity contribution in [3.05, 3.63) is 72.2 Å². The summed E-state index contributed by atoms with van der Waals surface area (Å²) in [5, 5.41) is 2.65. The third kappa shape index (κ3) is 3.46. The molecular weight excluding hydrogens is 284 g/mol. The number of furan rings is 1. The molecule has 0 saturated carbocycles. The summed E-state index contributed by atoms with van der Waals surface area (Å²) in [6, 6.07) is 19.4. The van der Waals surface area contributed by atoms with Crippen LogP contribution in [0.5, 0.6) is 0 Å². The fourth-order valence-corrected chi connectivity index (χ4v) is 3.32. The fourth-order valence-electron chi connectivity index (χ4n) is 3.32. The van der Waals surface area contributed by atoms with Crippen molar-refractivity contribution in [1.82, 2.24) is 9.80 Å². The van der Waals surface area contributed by atoms with Gasteiger partial charge in [-0.15, -0.1) is 0 Å². The Bertz CT molecular complexity index is 758. The molecule has 3 heteroatoms. The molecule has 1 aliphatic heterocycles. The van der Waals surface area contributed by atoms with E-state index < -0.39 is 0 Å². The summed E-state index contributed by atoms with van der Waals surface area (Å²) in [5.74, 6) is 1.06. The molecular formula is C20H22N2O. The number of rotatable bonds is 4. The van der Waals surface area contributed by atoms with Crippen molar-refractivity contribution in [2.24, 2.45) is 0 Å². The third-order valence-corrected chi connectivity index (χ3v) is 4.64. The molecule has 0 radical (unpaired) electrons. The van der Waals surface area contributed by atoms with E-state index in [9.17, 15) is 0 Å². The van der Waals surface area contributed by atoms with Crippen molar-refractivity contribution < 1.29 is 4.42 Å². The molecule has 23 heavy (non-hydrogen) atoms. The van der Waals surface area contributed by atoms with E-state index in [2.05, 4.69) is 58.3 Å². The predicted octanol–water partition coefficient (Wildman–Crippen LogP) is 3.75. The summed E-state index contributed by atoms with van der Waals surface area (Å²) < 4.78 is 5.44. The maximum Gasteiger partial charge on any atom is 0.117 e. The van der Waals surface area contributed by atoms with Gasteiger partial charge in [-0.05, 0) is 34.5 Å². The van der Waals surface area contributed by atoms with E-state index in [1.807, 2.05) is 6.07 Å². The van der Waals surface area contributed by atoms with Gasteiger partial charge in [0.15, 0.2) is 0 Å². The normalized spacial score (nSPS) is 16.9. The number of hydrogen-bond donors (Lipinski definition) is 0. The van der Waals surface area contributed by atoms with Gasteiger partial charge in [-0.2, -0.15) is 0 Å². The van der Waals surface area contributed by atoms with Crippen LogP contribution in [0.4, 0.5) is 0 Å². The molecule has 2 heterocycles. The van der Waals surface area contributed by atoms with Crippen molar-refractivity contribution in [1.29, 1.82) is 0 Å². The van der Waals surface area contributed by atoms with E-state index in [0.29, 0.717) is 0 Å². The molecule has 3 nitrogen and oxygen atoms in total. The molecule has 0 unspecified atom stereocenters. The topological polar surface area (TPSA) is 19.6 Å². The van der Waals surface area contributed by atoms with Crippen LogP contribution >= 0.6 is 0 Å². The maximum atomic E-state index is 5.44. The summed E-state index contributed by atoms with van der Waals surface area (Å²) in [6.45, 7) is 6.42. The molecule has 0 bridgehead atoms. The minimum atomic E-state index is 0.927. The molecule has 4 rings (SSSR count).